The molecule has 0 aromatic heterocycles. The number of hydrogen-bond donors (Lipinski definition) is 0. The smallest absolute Gasteiger partial charge is 0.0251 e. The Hall–Kier alpha value is 0.290. The van der Waals surface area contributed by atoms with E-state index in [0.717, 1.165) is 23.6 Å². The van der Waals surface area contributed by atoms with Crippen LogP contribution in [0.2, 0.25) is 0 Å². The molecule has 1 aliphatic rings. The van der Waals surface area contributed by atoms with Crippen LogP contribution in [0.3, 0.4) is 0 Å². The van der Waals surface area contributed by atoms with Crippen LogP contribution >= 0.6 is 11.6 Å². The summed E-state index contributed by atoms with van der Waals surface area (Å²) in [6, 6.07) is 0. The first-order valence-electron chi connectivity index (χ1n) is 5.28. The van der Waals surface area contributed by atoms with E-state index < -0.39 is 0 Å². The van der Waals surface area contributed by atoms with E-state index in [9.17, 15) is 0 Å². The molecule has 0 amide bonds. The van der Waals surface area contributed by atoms with Gasteiger partial charge in [0, 0.05) is 5.88 Å². The van der Waals surface area contributed by atoms with E-state index in [1.165, 1.54) is 32.1 Å². The summed E-state index contributed by atoms with van der Waals surface area (Å²) in [6.07, 6.45) is 7.04. The first kappa shape index (κ1) is 10.4. The van der Waals surface area contributed by atoms with E-state index in [1.807, 2.05) is 0 Å². The third kappa shape index (κ3) is 3.35. The Labute approximate surface area is 81.7 Å². The van der Waals surface area contributed by atoms with Crippen LogP contribution in [-0.2, 0) is 0 Å². The molecule has 1 aliphatic carbocycles. The van der Waals surface area contributed by atoms with Crippen molar-refractivity contribution in [2.75, 3.05) is 5.88 Å². The van der Waals surface area contributed by atoms with Crippen LogP contribution in [0.1, 0.15) is 46.0 Å². The number of hydrogen-bond acceptors (Lipinski definition) is 0. The monoisotopic (exact) mass is 188 g/mol. The Kier molecular flexibility index (Phi) is 4.42. The molecule has 12 heavy (non-hydrogen) atoms. The zero-order valence-electron chi connectivity index (χ0n) is 8.35. The third-order valence-corrected chi connectivity index (χ3v) is 3.35. The van der Waals surface area contributed by atoms with Crippen molar-refractivity contribution >= 4 is 11.6 Å². The minimum atomic E-state index is 0.823. The van der Waals surface area contributed by atoms with Crippen LogP contribution in [0.4, 0.5) is 0 Å². The Bertz CT molecular complexity index is 120. The molecule has 1 saturated carbocycles. The van der Waals surface area contributed by atoms with Gasteiger partial charge in [0.15, 0.2) is 0 Å². The van der Waals surface area contributed by atoms with Gasteiger partial charge in [-0.3, -0.25) is 0 Å². The highest BCUT2D eigenvalue weighted by Crippen LogP contribution is 2.33. The Morgan fingerprint density at radius 3 is 2.50 bits per heavy atom. The van der Waals surface area contributed by atoms with Crippen LogP contribution in [0.15, 0.2) is 0 Å². The van der Waals surface area contributed by atoms with Crippen molar-refractivity contribution in [2.45, 2.75) is 46.0 Å². The minimum Gasteiger partial charge on any atom is -0.126 e. The molecule has 1 heteroatoms. The van der Waals surface area contributed by atoms with Gasteiger partial charge in [0.2, 0.25) is 0 Å². The molecule has 2 atom stereocenters. The first-order chi connectivity index (χ1) is 5.72. The second-order valence-corrected chi connectivity index (χ2v) is 4.99. The fourth-order valence-corrected chi connectivity index (χ4v) is 2.70. The van der Waals surface area contributed by atoms with Crippen LogP contribution < -0.4 is 0 Å². The molecule has 0 aliphatic heterocycles. The van der Waals surface area contributed by atoms with Gasteiger partial charge in [0.25, 0.3) is 0 Å². The van der Waals surface area contributed by atoms with Crippen LogP contribution in [0.5, 0.6) is 0 Å². The van der Waals surface area contributed by atoms with E-state index in [0.29, 0.717) is 0 Å². The van der Waals surface area contributed by atoms with Crippen LogP contribution in [0, 0.1) is 17.8 Å². The summed E-state index contributed by atoms with van der Waals surface area (Å²) in [6.45, 7) is 4.65. The molecule has 0 heterocycles. The van der Waals surface area contributed by atoms with Crippen molar-refractivity contribution in [2.24, 2.45) is 17.8 Å². The molecule has 0 saturated heterocycles. The fourth-order valence-electron chi connectivity index (χ4n) is 2.42. The highest BCUT2D eigenvalue weighted by molar-refractivity contribution is 6.18. The second-order valence-electron chi connectivity index (χ2n) is 4.68. The predicted octanol–water partition coefficient (Wildman–Crippen LogP) is 4.08. The molecule has 0 spiro atoms. The summed E-state index contributed by atoms with van der Waals surface area (Å²) in [4.78, 5) is 0. The lowest BCUT2D eigenvalue weighted by molar-refractivity contribution is 0.250. The summed E-state index contributed by atoms with van der Waals surface area (Å²) in [5, 5.41) is 0. The van der Waals surface area contributed by atoms with Gasteiger partial charge >= 0.3 is 0 Å². The Morgan fingerprint density at radius 1 is 1.25 bits per heavy atom. The molecule has 1 fully saturated rings. The average molecular weight is 189 g/mol. The van der Waals surface area contributed by atoms with Crippen molar-refractivity contribution in [3.05, 3.63) is 0 Å². The molecular weight excluding hydrogens is 168 g/mol. The van der Waals surface area contributed by atoms with Gasteiger partial charge in [-0.2, -0.15) is 0 Å². The number of alkyl halides is 1. The number of rotatable bonds is 3. The molecule has 0 radical (unpaired) electrons. The van der Waals surface area contributed by atoms with E-state index in [-0.39, 0.29) is 0 Å². The van der Waals surface area contributed by atoms with Crippen LogP contribution in [0.25, 0.3) is 0 Å². The molecule has 2 unspecified atom stereocenters. The van der Waals surface area contributed by atoms with Gasteiger partial charge < -0.3 is 0 Å². The molecule has 0 nitrogen and oxygen atoms in total. The van der Waals surface area contributed by atoms with Crippen molar-refractivity contribution in [1.29, 1.82) is 0 Å². The highest BCUT2D eigenvalue weighted by Gasteiger charge is 2.21. The van der Waals surface area contributed by atoms with Gasteiger partial charge in [-0.25, -0.2) is 0 Å². The predicted molar refractivity (Wildman–Crippen MR) is 55.6 cm³/mol. The molecule has 0 aromatic rings. The van der Waals surface area contributed by atoms with Gasteiger partial charge in [0.1, 0.15) is 0 Å². The molecule has 0 aromatic carbocycles. The Balaban J connectivity index is 2.25. The SMILES string of the molecule is CC(C)CC1CCCC(CCl)C1. The quantitative estimate of drug-likeness (QED) is 0.586. The fraction of sp³-hybridized carbons (Fsp3) is 1.00. The molecule has 72 valence electrons. The minimum absolute atomic E-state index is 0.823. The summed E-state index contributed by atoms with van der Waals surface area (Å²) in [7, 11) is 0. The van der Waals surface area contributed by atoms with Crippen molar-refractivity contribution in [3.8, 4) is 0 Å². The van der Waals surface area contributed by atoms with Gasteiger partial charge in [-0.1, -0.05) is 26.7 Å². The van der Waals surface area contributed by atoms with E-state index in [4.69, 9.17) is 11.6 Å². The van der Waals surface area contributed by atoms with Crippen molar-refractivity contribution in [3.63, 3.8) is 0 Å². The largest absolute Gasteiger partial charge is 0.126 e. The lowest BCUT2D eigenvalue weighted by Gasteiger charge is -2.28. The number of halogens is 1. The summed E-state index contributed by atoms with van der Waals surface area (Å²) >= 11 is 5.88. The zero-order valence-corrected chi connectivity index (χ0v) is 9.11. The lowest BCUT2D eigenvalue weighted by atomic mass is 9.78. The van der Waals surface area contributed by atoms with E-state index in [2.05, 4.69) is 13.8 Å². The van der Waals surface area contributed by atoms with Gasteiger partial charge in [0.05, 0.1) is 0 Å². The summed E-state index contributed by atoms with van der Waals surface area (Å²) < 4.78 is 0. The average Bonchev–Trinajstić information content (AvgIpc) is 2.03. The standard InChI is InChI=1S/C11H21Cl/c1-9(2)6-10-4-3-5-11(7-10)8-12/h9-11H,3-8H2,1-2H3. The van der Waals surface area contributed by atoms with E-state index >= 15 is 0 Å². The van der Waals surface area contributed by atoms with Crippen molar-refractivity contribution < 1.29 is 0 Å². The highest BCUT2D eigenvalue weighted by atomic mass is 35.5. The zero-order chi connectivity index (χ0) is 8.97. The topological polar surface area (TPSA) is 0 Å². The third-order valence-electron chi connectivity index (χ3n) is 2.91. The Morgan fingerprint density at radius 2 is 1.92 bits per heavy atom. The van der Waals surface area contributed by atoms with Crippen LogP contribution in [-0.4, -0.2) is 5.88 Å². The summed E-state index contributed by atoms with van der Waals surface area (Å²) in [5.41, 5.74) is 0. The maximum Gasteiger partial charge on any atom is 0.0251 e. The molecular formula is C11H21Cl. The maximum atomic E-state index is 5.88. The molecule has 0 bridgehead atoms. The normalized spacial score (nSPS) is 31.0. The second kappa shape index (κ2) is 5.11. The summed E-state index contributed by atoms with van der Waals surface area (Å²) in [5.74, 6) is 3.55. The molecule has 0 N–H and O–H groups in total. The van der Waals surface area contributed by atoms with Gasteiger partial charge in [-0.15, -0.1) is 11.6 Å². The van der Waals surface area contributed by atoms with Gasteiger partial charge in [-0.05, 0) is 37.0 Å². The lowest BCUT2D eigenvalue weighted by Crippen LogP contribution is -2.17. The van der Waals surface area contributed by atoms with E-state index in [1.54, 1.807) is 0 Å². The maximum absolute atomic E-state index is 5.88. The van der Waals surface area contributed by atoms with Crippen molar-refractivity contribution in [1.82, 2.24) is 0 Å². The molecule has 1 rings (SSSR count). The first-order valence-corrected chi connectivity index (χ1v) is 5.81.